The van der Waals surface area contributed by atoms with E-state index in [-0.39, 0.29) is 29.8 Å². The maximum absolute atomic E-state index is 14.2. The fourth-order valence-corrected chi connectivity index (χ4v) is 8.16. The Morgan fingerprint density at radius 3 is 2.08 bits per heavy atom. The van der Waals surface area contributed by atoms with Crippen LogP contribution < -0.4 is 0 Å². The van der Waals surface area contributed by atoms with Crippen molar-refractivity contribution < 1.29 is 36.6 Å². The molecule has 2 atom stereocenters. The summed E-state index contributed by atoms with van der Waals surface area (Å²) in [6.45, 7) is 30.5. The van der Waals surface area contributed by atoms with Gasteiger partial charge in [0.05, 0.1) is 30.2 Å². The third kappa shape index (κ3) is 11.0. The van der Waals surface area contributed by atoms with E-state index in [1.165, 1.54) is 29.2 Å². The van der Waals surface area contributed by atoms with E-state index in [4.69, 9.17) is 18.4 Å². The number of carbonyl (C=O) groups is 1. The fourth-order valence-electron chi connectivity index (χ4n) is 4.57. The SMILES string of the molecule is C=CCON(C1C=C(CCO[Si](C)(C)C(C)(C)C)C(CO[Si](C)(C)C(C)(C)C)N(C(=O)OC(C)(C)C)C1)S(=O)(=O)c1ccccc1[N+](=O)[O-]. The first kappa shape index (κ1) is 42.8. The summed E-state index contributed by atoms with van der Waals surface area (Å²) in [5.74, 6) is 0. The Morgan fingerprint density at radius 1 is 1.02 bits per heavy atom. The molecule has 0 saturated carbocycles. The van der Waals surface area contributed by atoms with Gasteiger partial charge in [0, 0.05) is 19.2 Å². The number of nitro groups is 1. The number of rotatable bonds is 14. The molecule has 1 aliphatic rings. The molecule has 0 spiro atoms. The number of carbonyl (C=O) groups excluding carboxylic acids is 1. The Hall–Kier alpha value is -2.41. The summed E-state index contributed by atoms with van der Waals surface area (Å²) in [6.07, 6.45) is 2.87. The maximum Gasteiger partial charge on any atom is 0.410 e. The molecule has 0 N–H and O–H groups in total. The van der Waals surface area contributed by atoms with Gasteiger partial charge in [0.1, 0.15) is 5.60 Å². The van der Waals surface area contributed by atoms with E-state index in [1.54, 1.807) is 26.8 Å². The van der Waals surface area contributed by atoms with Gasteiger partial charge < -0.3 is 13.6 Å². The molecule has 0 aromatic heterocycles. The molecular formula is C34H59N3O9SSi2. The summed E-state index contributed by atoms with van der Waals surface area (Å²) in [7, 11) is -9.11. The van der Waals surface area contributed by atoms with E-state index in [1.807, 2.05) is 0 Å². The average molecular weight is 742 g/mol. The molecule has 0 fully saturated rings. The second-order valence-corrected chi connectivity index (χ2v) is 27.8. The second kappa shape index (κ2) is 15.9. The number of hydroxylamine groups is 1. The molecule has 15 heteroatoms. The van der Waals surface area contributed by atoms with Gasteiger partial charge in [-0.25, -0.2) is 13.2 Å². The van der Waals surface area contributed by atoms with Crippen LogP contribution in [0.5, 0.6) is 0 Å². The Kier molecular flexibility index (Phi) is 13.8. The van der Waals surface area contributed by atoms with Gasteiger partial charge in [-0.05, 0) is 75.1 Å². The van der Waals surface area contributed by atoms with Crippen molar-refractivity contribution in [2.75, 3.05) is 26.4 Å². The van der Waals surface area contributed by atoms with Crippen molar-refractivity contribution in [3.8, 4) is 0 Å². The zero-order chi connectivity index (χ0) is 37.8. The summed E-state index contributed by atoms with van der Waals surface area (Å²) < 4.78 is 48.3. The summed E-state index contributed by atoms with van der Waals surface area (Å²) in [5.41, 5.74) is -0.730. The van der Waals surface area contributed by atoms with Gasteiger partial charge in [-0.1, -0.05) is 70.3 Å². The van der Waals surface area contributed by atoms with E-state index in [0.29, 0.717) is 18.6 Å². The molecule has 2 unspecified atom stereocenters. The maximum atomic E-state index is 14.2. The lowest BCUT2D eigenvalue weighted by Crippen LogP contribution is -2.57. The summed E-state index contributed by atoms with van der Waals surface area (Å²) >= 11 is 0. The molecule has 1 aliphatic heterocycles. The molecule has 49 heavy (non-hydrogen) atoms. The number of hydrogen-bond acceptors (Lipinski definition) is 9. The molecular weight excluding hydrogens is 683 g/mol. The Balaban J connectivity index is 2.79. The summed E-state index contributed by atoms with van der Waals surface area (Å²) in [4.78, 5) is 31.9. The standard InChI is InChI=1S/C34H59N3O9SSi2/c1-15-21-43-37(47(41,42)30-19-17-16-18-28(30)36(39)40)27-23-26(20-22-44-48(11,12)33(5,6)7)29(25-45-49(13,14)34(8,9)10)35(24-27)31(38)46-32(2,3)4/h15-19,23,27,29H,1,20-22,24-25H2,2-14H3. The number of ether oxygens (including phenoxy) is 1. The Morgan fingerprint density at radius 2 is 1.57 bits per heavy atom. The average Bonchev–Trinajstić information content (AvgIpc) is 2.94. The van der Waals surface area contributed by atoms with Crippen LogP contribution in [-0.4, -0.2) is 89.5 Å². The fraction of sp³-hybridized carbons (Fsp3) is 0.676. The lowest BCUT2D eigenvalue weighted by Gasteiger charge is -2.44. The third-order valence-corrected chi connectivity index (χ3v) is 20.2. The van der Waals surface area contributed by atoms with Crippen molar-refractivity contribution in [3.05, 3.63) is 58.7 Å². The first-order valence-corrected chi connectivity index (χ1v) is 23.9. The minimum atomic E-state index is -4.64. The highest BCUT2D eigenvalue weighted by Gasteiger charge is 2.45. The van der Waals surface area contributed by atoms with Crippen LogP contribution in [-0.2, 0) is 28.4 Å². The molecule has 12 nitrogen and oxygen atoms in total. The first-order chi connectivity index (χ1) is 22.2. The van der Waals surface area contributed by atoms with Crippen LogP contribution in [0, 0.1) is 10.1 Å². The molecule has 0 radical (unpaired) electrons. The second-order valence-electron chi connectivity index (χ2n) is 16.5. The predicted octanol–water partition coefficient (Wildman–Crippen LogP) is 8.05. The molecule has 2 rings (SSSR count). The van der Waals surface area contributed by atoms with Crippen molar-refractivity contribution in [1.82, 2.24) is 9.37 Å². The lowest BCUT2D eigenvalue weighted by atomic mass is 9.96. The molecule has 1 heterocycles. The number of benzene rings is 1. The van der Waals surface area contributed by atoms with Crippen molar-refractivity contribution in [3.63, 3.8) is 0 Å². The summed E-state index contributed by atoms with van der Waals surface area (Å²) in [6, 6.07) is 3.42. The smallest absolute Gasteiger partial charge is 0.410 e. The van der Waals surface area contributed by atoms with Gasteiger partial charge in [-0.2, -0.15) is 0 Å². The highest BCUT2D eigenvalue weighted by atomic mass is 32.2. The number of para-hydroxylation sites is 1. The van der Waals surface area contributed by atoms with Crippen LogP contribution in [0.3, 0.4) is 0 Å². The number of nitrogens with zero attached hydrogens (tertiary/aromatic N) is 3. The Labute approximate surface area is 296 Å². The van der Waals surface area contributed by atoms with Crippen LogP contribution in [0.15, 0.2) is 53.5 Å². The molecule has 0 aliphatic carbocycles. The minimum absolute atomic E-state index is 0.0440. The Bertz CT molecular complexity index is 1480. The molecule has 1 amide bonds. The highest BCUT2D eigenvalue weighted by molar-refractivity contribution is 7.89. The van der Waals surface area contributed by atoms with Gasteiger partial charge in [-0.3, -0.25) is 19.9 Å². The number of amides is 1. The van der Waals surface area contributed by atoms with Crippen LogP contribution >= 0.6 is 0 Å². The van der Waals surface area contributed by atoms with E-state index in [2.05, 4.69) is 74.3 Å². The molecule has 0 bridgehead atoms. The zero-order valence-corrected chi connectivity index (χ0v) is 34.6. The predicted molar refractivity (Wildman–Crippen MR) is 198 cm³/mol. The van der Waals surface area contributed by atoms with Gasteiger partial charge in [0.25, 0.3) is 15.7 Å². The van der Waals surface area contributed by atoms with E-state index in [9.17, 15) is 23.3 Å². The molecule has 1 aromatic carbocycles. The number of sulfonamides is 1. The van der Waals surface area contributed by atoms with E-state index < -0.39 is 65.9 Å². The van der Waals surface area contributed by atoms with Crippen LogP contribution in [0.1, 0.15) is 68.7 Å². The molecule has 0 saturated heterocycles. The molecule has 1 aromatic rings. The topological polar surface area (TPSA) is 138 Å². The van der Waals surface area contributed by atoms with Gasteiger partial charge in [0.2, 0.25) is 0 Å². The first-order valence-electron chi connectivity index (χ1n) is 16.7. The van der Waals surface area contributed by atoms with E-state index >= 15 is 0 Å². The molecule has 278 valence electrons. The normalized spacial score (nSPS) is 18.3. The van der Waals surface area contributed by atoms with Crippen molar-refractivity contribution >= 4 is 38.4 Å². The quantitative estimate of drug-likeness (QED) is 0.0802. The van der Waals surface area contributed by atoms with Crippen molar-refractivity contribution in [2.24, 2.45) is 0 Å². The number of hydrogen-bond donors (Lipinski definition) is 0. The third-order valence-electron chi connectivity index (χ3n) is 9.46. The summed E-state index contributed by atoms with van der Waals surface area (Å²) in [5, 5.41) is 11.8. The van der Waals surface area contributed by atoms with E-state index in [0.717, 1.165) is 10.5 Å². The van der Waals surface area contributed by atoms with Crippen LogP contribution in [0.4, 0.5) is 10.5 Å². The van der Waals surface area contributed by atoms with Crippen LogP contribution in [0.25, 0.3) is 0 Å². The van der Waals surface area contributed by atoms with Crippen molar-refractivity contribution in [2.45, 2.75) is 128 Å². The highest BCUT2D eigenvalue weighted by Crippen LogP contribution is 2.39. The van der Waals surface area contributed by atoms with Gasteiger partial charge in [-0.15, -0.1) is 6.58 Å². The largest absolute Gasteiger partial charge is 0.444 e. The van der Waals surface area contributed by atoms with Crippen LogP contribution in [0.2, 0.25) is 36.3 Å². The van der Waals surface area contributed by atoms with Crippen molar-refractivity contribution in [1.29, 1.82) is 0 Å². The monoisotopic (exact) mass is 741 g/mol. The lowest BCUT2D eigenvalue weighted by molar-refractivity contribution is -0.388. The van der Waals surface area contributed by atoms with Gasteiger partial charge >= 0.3 is 6.09 Å². The number of nitro benzene ring substituents is 1. The zero-order valence-electron chi connectivity index (χ0n) is 31.8. The minimum Gasteiger partial charge on any atom is -0.444 e. The van der Waals surface area contributed by atoms with Gasteiger partial charge in [0.15, 0.2) is 21.5 Å².